The minimum absolute atomic E-state index is 0.0727. The van der Waals surface area contributed by atoms with E-state index in [0.717, 1.165) is 36.8 Å². The van der Waals surface area contributed by atoms with Crippen molar-refractivity contribution in [1.82, 2.24) is 15.1 Å². The lowest BCUT2D eigenvalue weighted by Gasteiger charge is -2.19. The Bertz CT molecular complexity index is 546. The van der Waals surface area contributed by atoms with Gasteiger partial charge in [-0.25, -0.2) is 0 Å². The minimum Gasteiger partial charge on any atom is -0.465 e. The van der Waals surface area contributed by atoms with Crippen LogP contribution < -0.4 is 5.32 Å². The van der Waals surface area contributed by atoms with Crippen LogP contribution in [-0.2, 0) is 18.3 Å². The van der Waals surface area contributed by atoms with Crippen LogP contribution in [0, 0.1) is 6.92 Å². The van der Waals surface area contributed by atoms with Gasteiger partial charge in [0.05, 0.1) is 12.2 Å². The first kappa shape index (κ1) is 12.4. The van der Waals surface area contributed by atoms with Gasteiger partial charge >= 0.3 is 0 Å². The van der Waals surface area contributed by atoms with Crippen LogP contribution in [0.25, 0.3) is 0 Å². The second-order valence-corrected chi connectivity index (χ2v) is 4.96. The van der Waals surface area contributed by atoms with Crippen molar-refractivity contribution in [1.29, 1.82) is 0 Å². The van der Waals surface area contributed by atoms with Crippen molar-refractivity contribution < 1.29 is 9.15 Å². The molecule has 1 aliphatic heterocycles. The summed E-state index contributed by atoms with van der Waals surface area (Å²) >= 11 is 0. The Labute approximate surface area is 112 Å². The number of aryl methyl sites for hydroxylation is 2. The normalized spacial score (nSPS) is 23.1. The molecule has 3 heterocycles. The highest BCUT2D eigenvalue weighted by Gasteiger charge is 2.31. The van der Waals surface area contributed by atoms with Crippen molar-refractivity contribution in [2.24, 2.45) is 7.05 Å². The molecule has 0 saturated carbocycles. The Morgan fingerprint density at radius 3 is 3.00 bits per heavy atom. The van der Waals surface area contributed by atoms with E-state index in [1.807, 2.05) is 43.0 Å². The molecule has 1 N–H and O–H groups in total. The van der Waals surface area contributed by atoms with Crippen molar-refractivity contribution >= 4 is 0 Å². The zero-order valence-corrected chi connectivity index (χ0v) is 11.3. The summed E-state index contributed by atoms with van der Waals surface area (Å²) in [6.45, 7) is 3.47. The second kappa shape index (κ2) is 5.19. The minimum atomic E-state index is 0.0727. The summed E-state index contributed by atoms with van der Waals surface area (Å²) in [4.78, 5) is 0. The van der Waals surface area contributed by atoms with Crippen LogP contribution >= 0.6 is 0 Å². The molecule has 0 unspecified atom stereocenters. The van der Waals surface area contributed by atoms with E-state index < -0.39 is 0 Å². The molecule has 102 valence electrons. The summed E-state index contributed by atoms with van der Waals surface area (Å²) in [5.41, 5.74) is 1.12. The van der Waals surface area contributed by atoms with Crippen LogP contribution in [0.1, 0.15) is 29.7 Å². The Morgan fingerprint density at radius 1 is 1.42 bits per heavy atom. The zero-order valence-electron chi connectivity index (χ0n) is 11.3. The molecule has 1 fully saturated rings. The molecule has 19 heavy (non-hydrogen) atoms. The van der Waals surface area contributed by atoms with Gasteiger partial charge in [-0.15, -0.1) is 0 Å². The van der Waals surface area contributed by atoms with Gasteiger partial charge in [-0.1, -0.05) is 0 Å². The number of furan rings is 1. The van der Waals surface area contributed by atoms with Crippen LogP contribution in [0.15, 0.2) is 28.8 Å². The molecule has 0 aromatic carbocycles. The average Bonchev–Trinajstić information content (AvgIpc) is 3.07. The predicted molar refractivity (Wildman–Crippen MR) is 70.6 cm³/mol. The Kier molecular flexibility index (Phi) is 3.40. The third kappa shape index (κ3) is 2.57. The fourth-order valence-electron chi connectivity index (χ4n) is 2.57. The molecular weight excluding hydrogens is 242 g/mol. The molecule has 0 aliphatic carbocycles. The van der Waals surface area contributed by atoms with Gasteiger partial charge in [0, 0.05) is 25.9 Å². The highest BCUT2D eigenvalue weighted by atomic mass is 16.5. The van der Waals surface area contributed by atoms with Crippen LogP contribution in [0.3, 0.4) is 0 Å². The summed E-state index contributed by atoms with van der Waals surface area (Å²) < 4.78 is 13.3. The van der Waals surface area contributed by atoms with Gasteiger partial charge in [0.2, 0.25) is 0 Å². The van der Waals surface area contributed by atoms with Gasteiger partial charge < -0.3 is 14.5 Å². The molecule has 1 saturated heterocycles. The van der Waals surface area contributed by atoms with Crippen LogP contribution in [0.4, 0.5) is 0 Å². The second-order valence-electron chi connectivity index (χ2n) is 4.96. The van der Waals surface area contributed by atoms with Gasteiger partial charge in [-0.05, 0) is 31.5 Å². The molecule has 2 atom stereocenters. The van der Waals surface area contributed by atoms with E-state index in [9.17, 15) is 0 Å². The molecular formula is C14H19N3O2. The Hall–Kier alpha value is -1.59. The topological polar surface area (TPSA) is 52.2 Å². The van der Waals surface area contributed by atoms with Crippen LogP contribution in [-0.4, -0.2) is 22.4 Å². The number of rotatable bonds is 4. The molecule has 5 heteroatoms. The van der Waals surface area contributed by atoms with Gasteiger partial charge in [0.25, 0.3) is 0 Å². The van der Waals surface area contributed by atoms with E-state index >= 15 is 0 Å². The third-order valence-electron chi connectivity index (χ3n) is 3.58. The highest BCUT2D eigenvalue weighted by molar-refractivity contribution is 5.10. The summed E-state index contributed by atoms with van der Waals surface area (Å²) in [6.07, 6.45) is 2.89. The summed E-state index contributed by atoms with van der Waals surface area (Å²) in [7, 11) is 1.95. The van der Waals surface area contributed by atoms with Crippen LogP contribution in [0.5, 0.6) is 0 Å². The fourth-order valence-corrected chi connectivity index (χ4v) is 2.57. The lowest BCUT2D eigenvalue weighted by molar-refractivity contribution is 0.0915. The molecule has 1 aliphatic rings. The number of nitrogens with one attached hydrogen (secondary N) is 1. The van der Waals surface area contributed by atoms with E-state index in [2.05, 4.69) is 10.4 Å². The molecule has 0 spiro atoms. The first-order valence-corrected chi connectivity index (χ1v) is 6.62. The quantitative estimate of drug-likeness (QED) is 0.914. The molecule has 2 aromatic heterocycles. The number of nitrogens with zero attached hydrogens (tertiary/aromatic N) is 2. The highest BCUT2D eigenvalue weighted by Crippen LogP contribution is 2.28. The van der Waals surface area contributed by atoms with E-state index in [0.29, 0.717) is 6.04 Å². The Balaban J connectivity index is 1.65. The molecule has 0 radical (unpaired) electrons. The number of hydrogen-bond acceptors (Lipinski definition) is 4. The smallest absolute Gasteiger partial charge is 0.117 e. The number of ether oxygens (including phenoxy) is 1. The molecule has 3 rings (SSSR count). The van der Waals surface area contributed by atoms with Crippen LogP contribution in [0.2, 0.25) is 0 Å². The monoisotopic (exact) mass is 261 g/mol. The lowest BCUT2D eigenvalue weighted by Crippen LogP contribution is -2.32. The first-order chi connectivity index (χ1) is 9.24. The maximum Gasteiger partial charge on any atom is 0.117 e. The van der Waals surface area contributed by atoms with Crippen molar-refractivity contribution in [3.05, 3.63) is 41.6 Å². The summed E-state index contributed by atoms with van der Waals surface area (Å²) in [5, 5.41) is 7.72. The first-order valence-electron chi connectivity index (χ1n) is 6.62. The van der Waals surface area contributed by atoms with Gasteiger partial charge in [-0.2, -0.15) is 5.10 Å². The van der Waals surface area contributed by atoms with Gasteiger partial charge in [0.1, 0.15) is 17.6 Å². The van der Waals surface area contributed by atoms with E-state index in [1.165, 1.54) is 0 Å². The van der Waals surface area contributed by atoms with Gasteiger partial charge in [-0.3, -0.25) is 4.68 Å². The molecule has 0 amide bonds. The van der Waals surface area contributed by atoms with E-state index in [1.54, 1.807) is 0 Å². The SMILES string of the molecule is Cc1ccc(CN[C@H]2CCO[C@@H]2c2ccnn2C)o1. The molecule has 5 nitrogen and oxygen atoms in total. The van der Waals surface area contributed by atoms with Crippen molar-refractivity contribution in [2.75, 3.05) is 6.61 Å². The summed E-state index contributed by atoms with van der Waals surface area (Å²) in [6, 6.07) is 6.32. The average molecular weight is 261 g/mol. The van der Waals surface area contributed by atoms with Crippen molar-refractivity contribution in [3.63, 3.8) is 0 Å². The maximum absolute atomic E-state index is 5.83. The number of hydrogen-bond donors (Lipinski definition) is 1. The van der Waals surface area contributed by atoms with Crippen molar-refractivity contribution in [2.45, 2.75) is 32.0 Å². The lowest BCUT2D eigenvalue weighted by atomic mass is 10.1. The third-order valence-corrected chi connectivity index (χ3v) is 3.58. The maximum atomic E-state index is 5.83. The molecule has 0 bridgehead atoms. The van der Waals surface area contributed by atoms with Gasteiger partial charge in [0.15, 0.2) is 0 Å². The number of aromatic nitrogens is 2. The van der Waals surface area contributed by atoms with E-state index in [-0.39, 0.29) is 6.10 Å². The molecule has 2 aromatic rings. The summed E-state index contributed by atoms with van der Waals surface area (Å²) in [5.74, 6) is 1.91. The largest absolute Gasteiger partial charge is 0.465 e. The standard InChI is InChI=1S/C14H19N3O2/c1-10-3-4-11(19-10)9-15-12-6-8-18-14(12)13-5-7-16-17(13)2/h3-5,7,12,14-15H,6,8-9H2,1-2H3/t12-,14-/m0/s1. The van der Waals surface area contributed by atoms with Crippen molar-refractivity contribution in [3.8, 4) is 0 Å². The Morgan fingerprint density at radius 2 is 2.32 bits per heavy atom. The zero-order chi connectivity index (χ0) is 13.2. The fraction of sp³-hybridized carbons (Fsp3) is 0.500. The predicted octanol–water partition coefficient (Wildman–Crippen LogP) is 1.94. The van der Waals surface area contributed by atoms with E-state index in [4.69, 9.17) is 9.15 Å².